The number of aryl methyl sites for hydroxylation is 2. The van der Waals surface area contributed by atoms with Crippen molar-refractivity contribution in [2.24, 2.45) is 5.92 Å². The molecule has 302 valence electrons. The molecule has 0 heteroatoms. The SMILES string of the molecule is CCCCc1ccc(-c2c(-c3ccc(CC(C)C)cc3)c(-c3ccc(C(C)(C)C)cc3)c(-c3ccc(CCC)cc3)c(-c3ccc(C(C)C)cc3)c2C(C)CC)cc1. The van der Waals surface area contributed by atoms with Gasteiger partial charge in [-0.2, -0.15) is 0 Å². The van der Waals surface area contributed by atoms with Crippen LogP contribution in [0, 0.1) is 5.92 Å². The topological polar surface area (TPSA) is 0 Å². The van der Waals surface area contributed by atoms with Gasteiger partial charge in [-0.05, 0) is 144 Å². The second-order valence-corrected chi connectivity index (χ2v) is 18.7. The van der Waals surface area contributed by atoms with E-state index in [4.69, 9.17) is 0 Å². The molecule has 0 amide bonds. The molecular formula is C58H70. The molecule has 6 aromatic rings. The zero-order valence-corrected chi connectivity index (χ0v) is 37.7. The number of hydrogen-bond donors (Lipinski definition) is 0. The first-order valence-corrected chi connectivity index (χ1v) is 22.6. The van der Waals surface area contributed by atoms with Crippen molar-refractivity contribution >= 4 is 0 Å². The smallest absolute Gasteiger partial charge is 0.00141 e. The van der Waals surface area contributed by atoms with Crippen molar-refractivity contribution in [1.29, 1.82) is 0 Å². The first kappa shape index (κ1) is 42.9. The molecule has 58 heavy (non-hydrogen) atoms. The second kappa shape index (κ2) is 18.9. The van der Waals surface area contributed by atoms with Crippen LogP contribution in [-0.4, -0.2) is 0 Å². The van der Waals surface area contributed by atoms with E-state index in [1.807, 2.05) is 0 Å². The van der Waals surface area contributed by atoms with Crippen LogP contribution in [0.15, 0.2) is 121 Å². The Bertz CT molecular complexity index is 2220. The quantitative estimate of drug-likeness (QED) is 0.0976. The molecule has 0 radical (unpaired) electrons. The van der Waals surface area contributed by atoms with Crippen molar-refractivity contribution < 1.29 is 0 Å². The van der Waals surface area contributed by atoms with Gasteiger partial charge in [0.05, 0.1) is 0 Å². The molecule has 0 bridgehead atoms. The van der Waals surface area contributed by atoms with Gasteiger partial charge in [0, 0.05) is 0 Å². The van der Waals surface area contributed by atoms with Gasteiger partial charge < -0.3 is 0 Å². The number of benzene rings is 6. The summed E-state index contributed by atoms with van der Waals surface area (Å²) in [6.07, 6.45) is 7.87. The van der Waals surface area contributed by atoms with Gasteiger partial charge in [0.2, 0.25) is 0 Å². The third-order valence-corrected chi connectivity index (χ3v) is 12.3. The number of unbranched alkanes of at least 4 members (excludes halogenated alkanes) is 1. The monoisotopic (exact) mass is 767 g/mol. The summed E-state index contributed by atoms with van der Waals surface area (Å²) >= 11 is 0. The fourth-order valence-electron chi connectivity index (χ4n) is 8.73. The van der Waals surface area contributed by atoms with Crippen LogP contribution in [0.2, 0.25) is 0 Å². The fraction of sp³-hybridized carbons (Fsp3) is 0.379. The van der Waals surface area contributed by atoms with E-state index in [0.29, 0.717) is 17.8 Å². The van der Waals surface area contributed by atoms with Crippen LogP contribution < -0.4 is 0 Å². The summed E-state index contributed by atoms with van der Waals surface area (Å²) in [5.41, 5.74) is 21.6. The van der Waals surface area contributed by atoms with Crippen molar-refractivity contribution in [1.82, 2.24) is 0 Å². The van der Waals surface area contributed by atoms with E-state index in [1.165, 1.54) is 102 Å². The molecular weight excluding hydrogens is 697 g/mol. The minimum Gasteiger partial charge on any atom is -0.0654 e. The largest absolute Gasteiger partial charge is 0.0654 e. The van der Waals surface area contributed by atoms with Crippen molar-refractivity contribution in [3.8, 4) is 55.6 Å². The average molecular weight is 767 g/mol. The Morgan fingerprint density at radius 1 is 0.431 bits per heavy atom. The van der Waals surface area contributed by atoms with E-state index in [1.54, 1.807) is 0 Å². The summed E-state index contributed by atoms with van der Waals surface area (Å²) in [4.78, 5) is 0. The van der Waals surface area contributed by atoms with Crippen LogP contribution in [0.3, 0.4) is 0 Å². The summed E-state index contributed by atoms with van der Waals surface area (Å²) < 4.78 is 0. The van der Waals surface area contributed by atoms with Gasteiger partial charge >= 0.3 is 0 Å². The summed E-state index contributed by atoms with van der Waals surface area (Å²) in [5, 5.41) is 0. The Kier molecular flexibility index (Phi) is 14.0. The van der Waals surface area contributed by atoms with Crippen molar-refractivity contribution in [3.05, 3.63) is 155 Å². The van der Waals surface area contributed by atoms with E-state index in [0.717, 1.165) is 32.1 Å². The van der Waals surface area contributed by atoms with E-state index < -0.39 is 0 Å². The highest BCUT2D eigenvalue weighted by atomic mass is 14.3. The highest BCUT2D eigenvalue weighted by molar-refractivity contribution is 6.09. The van der Waals surface area contributed by atoms with Crippen LogP contribution in [0.4, 0.5) is 0 Å². The summed E-state index contributed by atoms with van der Waals surface area (Å²) in [7, 11) is 0. The molecule has 0 aliphatic heterocycles. The Hall–Kier alpha value is -4.68. The third kappa shape index (κ3) is 9.60. The zero-order valence-electron chi connectivity index (χ0n) is 37.7. The molecule has 0 aliphatic rings. The molecule has 0 N–H and O–H groups in total. The predicted molar refractivity (Wildman–Crippen MR) is 256 cm³/mol. The highest BCUT2D eigenvalue weighted by Gasteiger charge is 2.30. The van der Waals surface area contributed by atoms with Crippen molar-refractivity contribution in [2.75, 3.05) is 0 Å². The minimum atomic E-state index is 0.0555. The molecule has 1 atom stereocenters. The molecule has 0 fully saturated rings. The van der Waals surface area contributed by atoms with Gasteiger partial charge in [0.25, 0.3) is 0 Å². The summed E-state index contributed by atoms with van der Waals surface area (Å²) in [5.74, 6) is 1.38. The first-order chi connectivity index (χ1) is 27.8. The lowest BCUT2D eigenvalue weighted by atomic mass is 9.72. The lowest BCUT2D eigenvalue weighted by Crippen LogP contribution is -2.10. The highest BCUT2D eigenvalue weighted by Crippen LogP contribution is 2.55. The average Bonchev–Trinajstić information content (AvgIpc) is 3.22. The maximum absolute atomic E-state index is 2.46. The van der Waals surface area contributed by atoms with Crippen molar-refractivity contribution in [3.63, 3.8) is 0 Å². The van der Waals surface area contributed by atoms with Gasteiger partial charge in [0.15, 0.2) is 0 Å². The Morgan fingerprint density at radius 2 is 0.828 bits per heavy atom. The van der Waals surface area contributed by atoms with Gasteiger partial charge in [-0.25, -0.2) is 0 Å². The van der Waals surface area contributed by atoms with E-state index in [2.05, 4.69) is 197 Å². The van der Waals surface area contributed by atoms with E-state index in [-0.39, 0.29) is 5.41 Å². The Balaban J connectivity index is 1.86. The molecule has 6 rings (SSSR count). The predicted octanol–water partition coefficient (Wildman–Crippen LogP) is 17.4. The fourth-order valence-corrected chi connectivity index (χ4v) is 8.73. The Morgan fingerprint density at radius 3 is 1.22 bits per heavy atom. The maximum Gasteiger partial charge on any atom is -0.00141 e. The molecule has 0 aliphatic carbocycles. The Labute approximate surface area is 353 Å². The number of hydrogen-bond acceptors (Lipinski definition) is 0. The van der Waals surface area contributed by atoms with E-state index in [9.17, 15) is 0 Å². The van der Waals surface area contributed by atoms with Gasteiger partial charge in [-0.1, -0.05) is 210 Å². The molecule has 0 saturated carbocycles. The van der Waals surface area contributed by atoms with Crippen LogP contribution in [0.5, 0.6) is 0 Å². The summed E-state index contributed by atoms with van der Waals surface area (Å²) in [6, 6.07) is 48.0. The molecule has 6 aromatic carbocycles. The standard InChI is InChI=1S/C58H70/c1-12-15-17-43-20-26-46(27-21-43)53-52(41(8)14-3)54(49-32-30-45(31-33-49)40(6)7)55(47-24-18-42(16-13-2)19-25-47)57(50-34-36-51(37-35-50)58(9,10)11)56(53)48-28-22-44(23-29-48)38-39(4)5/h18-37,39-41H,12-17,38H2,1-11H3. The first-order valence-electron chi connectivity index (χ1n) is 22.6. The molecule has 0 aromatic heterocycles. The molecule has 1 unspecified atom stereocenters. The molecule has 0 nitrogen and oxygen atoms in total. The molecule has 0 saturated heterocycles. The number of rotatable bonds is 15. The van der Waals surface area contributed by atoms with E-state index >= 15 is 0 Å². The lowest BCUT2D eigenvalue weighted by Gasteiger charge is -2.31. The van der Waals surface area contributed by atoms with Crippen LogP contribution in [-0.2, 0) is 24.7 Å². The molecule has 0 heterocycles. The molecule has 0 spiro atoms. The van der Waals surface area contributed by atoms with Gasteiger partial charge in [-0.3, -0.25) is 0 Å². The van der Waals surface area contributed by atoms with Gasteiger partial charge in [0.1, 0.15) is 0 Å². The zero-order chi connectivity index (χ0) is 41.6. The third-order valence-electron chi connectivity index (χ3n) is 12.3. The van der Waals surface area contributed by atoms with Crippen molar-refractivity contribution in [2.45, 2.75) is 138 Å². The lowest BCUT2D eigenvalue weighted by molar-refractivity contribution is 0.590. The maximum atomic E-state index is 2.46. The normalized spacial score (nSPS) is 12.4. The van der Waals surface area contributed by atoms with Crippen LogP contribution in [0.1, 0.15) is 147 Å². The van der Waals surface area contributed by atoms with Crippen LogP contribution >= 0.6 is 0 Å². The van der Waals surface area contributed by atoms with Gasteiger partial charge in [-0.15, -0.1) is 0 Å². The summed E-state index contributed by atoms with van der Waals surface area (Å²) in [6.45, 7) is 25.6. The minimum absolute atomic E-state index is 0.0555. The van der Waals surface area contributed by atoms with Crippen LogP contribution in [0.25, 0.3) is 55.6 Å². The second-order valence-electron chi connectivity index (χ2n) is 18.7.